The molecular weight excluding hydrogens is 204 g/mol. The Morgan fingerprint density at radius 1 is 1.50 bits per heavy atom. The van der Waals surface area contributed by atoms with Gasteiger partial charge in [0.25, 0.3) is 0 Å². The molecule has 0 aliphatic rings. The molecule has 1 heterocycles. The van der Waals surface area contributed by atoms with Gasteiger partial charge >= 0.3 is 0 Å². The van der Waals surface area contributed by atoms with Crippen molar-refractivity contribution >= 4 is 5.91 Å². The zero-order valence-corrected chi connectivity index (χ0v) is 9.99. The number of aromatic nitrogens is 1. The number of ether oxygens (including phenoxy) is 1. The second kappa shape index (κ2) is 6.23. The average Bonchev–Trinajstić information content (AvgIpc) is 2.25. The maximum absolute atomic E-state index is 11.3. The molecule has 0 atom stereocenters. The highest BCUT2D eigenvalue weighted by molar-refractivity contribution is 5.77. The summed E-state index contributed by atoms with van der Waals surface area (Å²) in [5.41, 5.74) is 1.96. The van der Waals surface area contributed by atoms with Crippen LogP contribution in [0.5, 0.6) is 0 Å². The first kappa shape index (κ1) is 12.6. The molecule has 0 saturated carbocycles. The Morgan fingerprint density at radius 2 is 2.25 bits per heavy atom. The summed E-state index contributed by atoms with van der Waals surface area (Å²) in [6.07, 6.45) is 1.84. The van der Waals surface area contributed by atoms with Crippen molar-refractivity contribution < 1.29 is 9.53 Å². The van der Waals surface area contributed by atoms with Crippen molar-refractivity contribution in [3.63, 3.8) is 0 Å². The quantitative estimate of drug-likeness (QED) is 0.820. The topological polar surface area (TPSA) is 51.2 Å². The van der Waals surface area contributed by atoms with Gasteiger partial charge in [0.2, 0.25) is 5.91 Å². The van der Waals surface area contributed by atoms with Crippen LogP contribution in [-0.4, -0.2) is 23.6 Å². The fourth-order valence-corrected chi connectivity index (χ4v) is 1.10. The normalized spacial score (nSPS) is 10.5. The summed E-state index contributed by atoms with van der Waals surface area (Å²) in [4.78, 5) is 15.5. The van der Waals surface area contributed by atoms with Crippen LogP contribution >= 0.6 is 0 Å². The summed E-state index contributed by atoms with van der Waals surface area (Å²) >= 11 is 0. The largest absolute Gasteiger partial charge is 0.369 e. The predicted molar refractivity (Wildman–Crippen MR) is 61.9 cm³/mol. The van der Waals surface area contributed by atoms with E-state index in [-0.39, 0.29) is 18.6 Å². The molecule has 16 heavy (non-hydrogen) atoms. The number of nitrogens with one attached hydrogen (secondary N) is 1. The Morgan fingerprint density at radius 3 is 2.81 bits per heavy atom. The summed E-state index contributed by atoms with van der Waals surface area (Å²) in [7, 11) is 0. The van der Waals surface area contributed by atoms with Crippen molar-refractivity contribution in [1.82, 2.24) is 10.3 Å². The van der Waals surface area contributed by atoms with Gasteiger partial charge in [-0.3, -0.25) is 9.78 Å². The lowest BCUT2D eigenvalue weighted by Gasteiger charge is -2.08. The molecule has 1 amide bonds. The Hall–Kier alpha value is -1.42. The maximum atomic E-state index is 11.3. The highest BCUT2D eigenvalue weighted by atomic mass is 16.5. The molecule has 1 N–H and O–H groups in total. The van der Waals surface area contributed by atoms with Crippen molar-refractivity contribution in [2.24, 2.45) is 0 Å². The summed E-state index contributed by atoms with van der Waals surface area (Å²) in [5, 5.41) is 2.77. The van der Waals surface area contributed by atoms with Crippen LogP contribution in [0.2, 0.25) is 0 Å². The average molecular weight is 222 g/mol. The van der Waals surface area contributed by atoms with E-state index in [2.05, 4.69) is 10.3 Å². The van der Waals surface area contributed by atoms with E-state index < -0.39 is 0 Å². The van der Waals surface area contributed by atoms with Crippen molar-refractivity contribution in [2.45, 2.75) is 33.4 Å². The number of amides is 1. The Kier molecular flexibility index (Phi) is 4.92. The molecule has 0 aliphatic carbocycles. The third-order valence-corrected chi connectivity index (χ3v) is 2.01. The number of nitrogens with zero attached hydrogens (tertiary/aromatic N) is 1. The van der Waals surface area contributed by atoms with Crippen LogP contribution in [0.1, 0.15) is 25.1 Å². The van der Waals surface area contributed by atoms with E-state index in [0.29, 0.717) is 6.54 Å². The molecule has 88 valence electrons. The summed E-state index contributed by atoms with van der Waals surface area (Å²) in [5.74, 6) is -0.103. The lowest BCUT2D eigenvalue weighted by molar-refractivity contribution is -0.127. The standard InChI is InChI=1S/C12H18N2O2/c1-9(2)16-8-12(15)14-7-11-5-4-10(3)13-6-11/h4-6,9H,7-8H2,1-3H3,(H,14,15). The summed E-state index contributed by atoms with van der Waals surface area (Å²) in [6, 6.07) is 3.87. The molecule has 0 spiro atoms. The highest BCUT2D eigenvalue weighted by Crippen LogP contribution is 1.98. The SMILES string of the molecule is Cc1ccc(CNC(=O)COC(C)C)cn1. The highest BCUT2D eigenvalue weighted by Gasteiger charge is 2.02. The van der Waals surface area contributed by atoms with E-state index >= 15 is 0 Å². The number of carbonyl (C=O) groups is 1. The number of aryl methyl sites for hydroxylation is 1. The molecule has 0 aromatic carbocycles. The minimum atomic E-state index is -0.103. The molecule has 0 saturated heterocycles. The van der Waals surface area contributed by atoms with Gasteiger partial charge in [-0.05, 0) is 32.4 Å². The lowest BCUT2D eigenvalue weighted by Crippen LogP contribution is -2.28. The van der Waals surface area contributed by atoms with E-state index in [1.165, 1.54) is 0 Å². The third kappa shape index (κ3) is 4.89. The Bertz CT molecular complexity index is 333. The van der Waals surface area contributed by atoms with E-state index in [9.17, 15) is 4.79 Å². The molecule has 0 aliphatic heterocycles. The first-order chi connectivity index (χ1) is 7.58. The number of carbonyl (C=O) groups excluding carboxylic acids is 1. The molecule has 4 nitrogen and oxygen atoms in total. The second-order valence-electron chi connectivity index (χ2n) is 3.94. The smallest absolute Gasteiger partial charge is 0.246 e. The van der Waals surface area contributed by atoms with Gasteiger partial charge in [0, 0.05) is 18.4 Å². The molecule has 0 unspecified atom stereocenters. The van der Waals surface area contributed by atoms with Crippen molar-refractivity contribution in [1.29, 1.82) is 0 Å². The van der Waals surface area contributed by atoms with Gasteiger partial charge in [-0.2, -0.15) is 0 Å². The van der Waals surface area contributed by atoms with Crippen molar-refractivity contribution in [2.75, 3.05) is 6.61 Å². The number of hydrogen-bond acceptors (Lipinski definition) is 3. The van der Waals surface area contributed by atoms with Crippen LogP contribution in [0.25, 0.3) is 0 Å². The van der Waals surface area contributed by atoms with Crippen LogP contribution < -0.4 is 5.32 Å². The van der Waals surface area contributed by atoms with Gasteiger partial charge in [0.15, 0.2) is 0 Å². The van der Waals surface area contributed by atoms with E-state index in [4.69, 9.17) is 4.74 Å². The first-order valence-electron chi connectivity index (χ1n) is 5.38. The van der Waals surface area contributed by atoms with E-state index in [1.54, 1.807) is 6.20 Å². The molecular formula is C12H18N2O2. The fourth-order valence-electron chi connectivity index (χ4n) is 1.10. The Balaban J connectivity index is 2.29. The molecule has 1 aromatic rings. The molecule has 0 bridgehead atoms. The summed E-state index contributed by atoms with van der Waals surface area (Å²) < 4.78 is 5.18. The zero-order valence-electron chi connectivity index (χ0n) is 9.99. The van der Waals surface area contributed by atoms with Gasteiger partial charge in [-0.25, -0.2) is 0 Å². The van der Waals surface area contributed by atoms with Crippen molar-refractivity contribution in [3.05, 3.63) is 29.6 Å². The van der Waals surface area contributed by atoms with Gasteiger partial charge < -0.3 is 10.1 Å². The number of hydrogen-bond donors (Lipinski definition) is 1. The van der Waals surface area contributed by atoms with Gasteiger partial charge in [-0.15, -0.1) is 0 Å². The first-order valence-corrected chi connectivity index (χ1v) is 5.38. The number of pyridine rings is 1. The summed E-state index contributed by atoms with van der Waals surface area (Å²) in [6.45, 7) is 6.33. The predicted octanol–water partition coefficient (Wildman–Crippen LogP) is 1.43. The van der Waals surface area contributed by atoms with Crippen LogP contribution in [0.4, 0.5) is 0 Å². The molecule has 1 aromatic heterocycles. The second-order valence-corrected chi connectivity index (χ2v) is 3.94. The van der Waals surface area contributed by atoms with E-state index in [0.717, 1.165) is 11.3 Å². The van der Waals surface area contributed by atoms with Gasteiger partial charge in [0.1, 0.15) is 6.61 Å². The zero-order chi connectivity index (χ0) is 12.0. The van der Waals surface area contributed by atoms with Crippen molar-refractivity contribution in [3.8, 4) is 0 Å². The molecule has 0 fully saturated rings. The number of rotatable bonds is 5. The maximum Gasteiger partial charge on any atom is 0.246 e. The monoisotopic (exact) mass is 222 g/mol. The molecule has 4 heteroatoms. The minimum absolute atomic E-state index is 0.0757. The van der Waals surface area contributed by atoms with Crippen LogP contribution in [-0.2, 0) is 16.1 Å². The molecule has 1 rings (SSSR count). The third-order valence-electron chi connectivity index (χ3n) is 2.01. The van der Waals surface area contributed by atoms with Gasteiger partial charge in [0.05, 0.1) is 6.10 Å². The van der Waals surface area contributed by atoms with Gasteiger partial charge in [-0.1, -0.05) is 6.07 Å². The molecule has 0 radical (unpaired) electrons. The lowest BCUT2D eigenvalue weighted by atomic mass is 10.2. The minimum Gasteiger partial charge on any atom is -0.369 e. The van der Waals surface area contributed by atoms with Crippen LogP contribution in [0, 0.1) is 6.92 Å². The van der Waals surface area contributed by atoms with Crippen LogP contribution in [0.3, 0.4) is 0 Å². The van der Waals surface area contributed by atoms with E-state index in [1.807, 2.05) is 32.9 Å². The fraction of sp³-hybridized carbons (Fsp3) is 0.500. The van der Waals surface area contributed by atoms with Crippen LogP contribution in [0.15, 0.2) is 18.3 Å². The Labute approximate surface area is 96.0 Å².